The molecule has 1 aromatic rings. The molecule has 0 N–H and O–H groups in total. The summed E-state index contributed by atoms with van der Waals surface area (Å²) in [5, 5.41) is 0. The van der Waals surface area contributed by atoms with Gasteiger partial charge in [-0.1, -0.05) is 13.8 Å². The van der Waals surface area contributed by atoms with Crippen LogP contribution in [-0.4, -0.2) is 26.3 Å². The molecule has 0 bridgehead atoms. The van der Waals surface area contributed by atoms with Crippen molar-refractivity contribution in [3.63, 3.8) is 0 Å². The second kappa shape index (κ2) is 6.37. The average Bonchev–Trinajstić information content (AvgIpc) is 2.67. The van der Waals surface area contributed by atoms with E-state index in [1.807, 2.05) is 6.92 Å². The van der Waals surface area contributed by atoms with E-state index in [0.29, 0.717) is 23.2 Å². The Balaban J connectivity index is 2.94. The van der Waals surface area contributed by atoms with Crippen LogP contribution in [0.4, 0.5) is 0 Å². The third-order valence-electron chi connectivity index (χ3n) is 2.76. The van der Waals surface area contributed by atoms with Crippen LogP contribution in [0.25, 0.3) is 0 Å². The molecule has 104 valence electrons. The molecule has 0 atom stereocenters. The Morgan fingerprint density at radius 3 is 2.50 bits per heavy atom. The number of hydrogen-bond donors (Lipinski definition) is 0. The van der Waals surface area contributed by atoms with Crippen LogP contribution in [0, 0.1) is 12.8 Å². The van der Waals surface area contributed by atoms with Gasteiger partial charge in [0, 0.05) is 23.3 Å². The molecule has 0 aliphatic heterocycles. The van der Waals surface area contributed by atoms with E-state index in [9.17, 15) is 8.42 Å². The molecule has 0 saturated heterocycles. The fourth-order valence-corrected chi connectivity index (χ4v) is 4.45. The summed E-state index contributed by atoms with van der Waals surface area (Å²) in [4.78, 5) is 2.10. The summed E-state index contributed by atoms with van der Waals surface area (Å²) in [7, 11) is -1.74. The van der Waals surface area contributed by atoms with Gasteiger partial charge in [0.05, 0.1) is 10.8 Å². The van der Waals surface area contributed by atoms with Crippen LogP contribution in [0.2, 0.25) is 0 Å². The topological polar surface area (TPSA) is 37.4 Å². The minimum atomic E-state index is -3.37. The van der Waals surface area contributed by atoms with Gasteiger partial charge in [0.1, 0.15) is 0 Å². The van der Waals surface area contributed by atoms with Crippen molar-refractivity contribution in [1.82, 2.24) is 4.31 Å². The Bertz CT molecular complexity index is 494. The molecule has 3 nitrogen and oxygen atoms in total. The molecule has 0 radical (unpaired) electrons. The lowest BCUT2D eigenvalue weighted by atomic mass is 10.1. The first-order valence-electron chi connectivity index (χ1n) is 5.90. The minimum Gasteiger partial charge on any atom is -0.207 e. The summed E-state index contributed by atoms with van der Waals surface area (Å²) in [6, 6.07) is 1.69. The van der Waals surface area contributed by atoms with Crippen molar-refractivity contribution in [1.29, 1.82) is 0 Å². The lowest BCUT2D eigenvalue weighted by Crippen LogP contribution is -2.28. The van der Waals surface area contributed by atoms with Gasteiger partial charge in [-0.3, -0.25) is 0 Å². The standard InChI is InChI=1S/C12H20ClNO2S2/c1-9(2)5-6-14(4)18(15,16)12-7-11(8-13)17-10(12)3/h7,9H,5-6,8H2,1-4H3. The van der Waals surface area contributed by atoms with Crippen molar-refractivity contribution in [3.05, 3.63) is 15.8 Å². The quantitative estimate of drug-likeness (QED) is 0.755. The van der Waals surface area contributed by atoms with Crippen LogP contribution in [-0.2, 0) is 15.9 Å². The van der Waals surface area contributed by atoms with Crippen LogP contribution in [0.1, 0.15) is 30.0 Å². The highest BCUT2D eigenvalue weighted by molar-refractivity contribution is 7.89. The molecular weight excluding hydrogens is 290 g/mol. The Hall–Kier alpha value is -0.100. The molecule has 0 saturated carbocycles. The molecule has 1 rings (SSSR count). The summed E-state index contributed by atoms with van der Waals surface area (Å²) >= 11 is 7.19. The van der Waals surface area contributed by atoms with Gasteiger partial charge >= 0.3 is 0 Å². The van der Waals surface area contributed by atoms with Gasteiger partial charge in [-0.05, 0) is 25.3 Å². The summed E-state index contributed by atoms with van der Waals surface area (Å²) in [5.41, 5.74) is 0. The largest absolute Gasteiger partial charge is 0.243 e. The van der Waals surface area contributed by atoms with Crippen molar-refractivity contribution in [2.24, 2.45) is 5.92 Å². The highest BCUT2D eigenvalue weighted by atomic mass is 35.5. The predicted octanol–water partition coefficient (Wildman–Crippen LogP) is 3.46. The maximum atomic E-state index is 12.4. The minimum absolute atomic E-state index is 0.358. The fourth-order valence-electron chi connectivity index (χ4n) is 1.57. The molecule has 0 aliphatic rings. The van der Waals surface area contributed by atoms with Gasteiger partial charge < -0.3 is 0 Å². The first kappa shape index (κ1) is 16.0. The van der Waals surface area contributed by atoms with Gasteiger partial charge in [-0.2, -0.15) is 0 Å². The van der Waals surface area contributed by atoms with Gasteiger partial charge in [-0.25, -0.2) is 12.7 Å². The lowest BCUT2D eigenvalue weighted by Gasteiger charge is -2.18. The zero-order valence-corrected chi connectivity index (χ0v) is 13.6. The van der Waals surface area contributed by atoms with E-state index in [4.69, 9.17) is 11.6 Å². The van der Waals surface area contributed by atoms with E-state index < -0.39 is 10.0 Å². The third-order valence-corrected chi connectivity index (χ3v) is 6.37. The number of aryl methyl sites for hydroxylation is 1. The Morgan fingerprint density at radius 1 is 1.44 bits per heavy atom. The number of alkyl halides is 1. The van der Waals surface area contributed by atoms with Crippen LogP contribution >= 0.6 is 22.9 Å². The Morgan fingerprint density at radius 2 is 2.06 bits per heavy atom. The predicted molar refractivity (Wildman–Crippen MR) is 77.9 cm³/mol. The van der Waals surface area contributed by atoms with Crippen molar-refractivity contribution >= 4 is 33.0 Å². The summed E-state index contributed by atoms with van der Waals surface area (Å²) in [5.74, 6) is 0.848. The molecule has 1 heterocycles. The van der Waals surface area contributed by atoms with Crippen molar-refractivity contribution in [2.75, 3.05) is 13.6 Å². The van der Waals surface area contributed by atoms with E-state index in [1.165, 1.54) is 15.6 Å². The van der Waals surface area contributed by atoms with Crippen LogP contribution in [0.5, 0.6) is 0 Å². The second-order valence-electron chi connectivity index (χ2n) is 4.78. The van der Waals surface area contributed by atoms with Gasteiger partial charge in [-0.15, -0.1) is 22.9 Å². The van der Waals surface area contributed by atoms with E-state index in [0.717, 1.165) is 16.2 Å². The van der Waals surface area contributed by atoms with E-state index >= 15 is 0 Å². The molecule has 0 amide bonds. The highest BCUT2D eigenvalue weighted by Crippen LogP contribution is 2.28. The van der Waals surface area contributed by atoms with Gasteiger partial charge in [0.25, 0.3) is 0 Å². The van der Waals surface area contributed by atoms with E-state index in [2.05, 4.69) is 13.8 Å². The highest BCUT2D eigenvalue weighted by Gasteiger charge is 2.24. The molecule has 18 heavy (non-hydrogen) atoms. The van der Waals surface area contributed by atoms with Crippen molar-refractivity contribution < 1.29 is 8.42 Å². The summed E-state index contributed by atoms with van der Waals surface area (Å²) in [6.07, 6.45) is 0.862. The molecule has 0 aliphatic carbocycles. The molecule has 0 spiro atoms. The van der Waals surface area contributed by atoms with Crippen molar-refractivity contribution in [2.45, 2.75) is 38.0 Å². The second-order valence-corrected chi connectivity index (χ2v) is 8.40. The molecule has 0 fully saturated rings. The number of halogens is 1. The summed E-state index contributed by atoms with van der Waals surface area (Å²) < 4.78 is 26.2. The van der Waals surface area contributed by atoms with Crippen LogP contribution in [0.3, 0.4) is 0 Å². The molecule has 0 unspecified atom stereocenters. The zero-order chi connectivity index (χ0) is 13.9. The van der Waals surface area contributed by atoms with Gasteiger partial charge in [0.2, 0.25) is 10.0 Å². The first-order chi connectivity index (χ1) is 8.28. The summed E-state index contributed by atoms with van der Waals surface area (Å²) in [6.45, 7) is 6.54. The van der Waals surface area contributed by atoms with E-state index in [1.54, 1.807) is 13.1 Å². The van der Waals surface area contributed by atoms with Crippen LogP contribution in [0.15, 0.2) is 11.0 Å². The number of sulfonamides is 1. The van der Waals surface area contributed by atoms with Gasteiger partial charge in [0.15, 0.2) is 0 Å². The zero-order valence-electron chi connectivity index (χ0n) is 11.2. The number of rotatable bonds is 6. The maximum absolute atomic E-state index is 12.4. The Labute approximate surface area is 119 Å². The Kier molecular flexibility index (Phi) is 5.65. The van der Waals surface area contributed by atoms with E-state index in [-0.39, 0.29) is 0 Å². The fraction of sp³-hybridized carbons (Fsp3) is 0.667. The SMILES string of the molecule is Cc1sc(CCl)cc1S(=O)(=O)N(C)CCC(C)C. The molecule has 6 heteroatoms. The first-order valence-corrected chi connectivity index (χ1v) is 8.69. The molecule has 0 aromatic carbocycles. The smallest absolute Gasteiger partial charge is 0.207 e. The average molecular weight is 310 g/mol. The monoisotopic (exact) mass is 309 g/mol. The number of hydrogen-bond acceptors (Lipinski definition) is 3. The molecular formula is C12H20ClNO2S2. The third kappa shape index (κ3) is 3.70. The maximum Gasteiger partial charge on any atom is 0.243 e. The number of nitrogens with zero attached hydrogens (tertiary/aromatic N) is 1. The lowest BCUT2D eigenvalue weighted by molar-refractivity contribution is 0.428. The number of thiophene rings is 1. The molecule has 1 aromatic heterocycles. The normalized spacial score (nSPS) is 12.6. The van der Waals surface area contributed by atoms with Crippen molar-refractivity contribution in [3.8, 4) is 0 Å². The van der Waals surface area contributed by atoms with Crippen LogP contribution < -0.4 is 0 Å².